The van der Waals surface area contributed by atoms with Crippen LogP contribution in [-0.2, 0) is 168 Å². The van der Waals surface area contributed by atoms with Crippen LogP contribution >= 0.6 is 11.6 Å². The number of aliphatic hydroxyl groups is 2. The first kappa shape index (κ1) is 108. The number of nitrogens with zero attached hydrogens (tertiary/aromatic N) is 12. The lowest BCUT2D eigenvalue weighted by Gasteiger charge is -2.32. The molecule has 5 aromatic carbocycles. The van der Waals surface area contributed by atoms with Crippen molar-refractivity contribution in [2.45, 2.75) is 271 Å². The van der Waals surface area contributed by atoms with E-state index < -0.39 is 52.1 Å². The first-order valence-electron chi connectivity index (χ1n) is 53.4. The number of carbonyl (C=O) groups excluding carboxylic acids is 3. The molecule has 10 aromatic heterocycles. The molecule has 149 heavy (non-hydrogen) atoms. The number of rotatable bonds is 24. The van der Waals surface area contributed by atoms with Crippen molar-refractivity contribution in [2.24, 2.45) is 50.2 Å². The number of likely N-dealkylation sites (N-methyl/N-ethyl adjacent to an activating group) is 3. The minimum atomic E-state index is -0.989. The largest absolute Gasteiger partial charge is 0.453 e. The molecule has 26 heteroatoms. The van der Waals surface area contributed by atoms with E-state index in [1.54, 1.807) is 68.9 Å². The molecule has 786 valence electrons. The van der Waals surface area contributed by atoms with E-state index in [1.807, 2.05) is 115 Å². The molecule has 15 heterocycles. The average molecular weight is 2030 g/mol. The fourth-order valence-electron chi connectivity index (χ4n) is 24.2. The highest BCUT2D eigenvalue weighted by Gasteiger charge is 2.42. The number of hydrogen-bond acceptors (Lipinski definition) is 20. The van der Waals surface area contributed by atoms with Crippen molar-refractivity contribution in [3.8, 4) is 0 Å². The molecule has 9 atom stereocenters. The van der Waals surface area contributed by atoms with Gasteiger partial charge in [-0.3, -0.25) is 44.2 Å². The van der Waals surface area contributed by atoms with Crippen LogP contribution in [0.2, 0.25) is 5.02 Å². The monoisotopic (exact) mass is 2030 g/mol. The molecule has 5 aliphatic heterocycles. The van der Waals surface area contributed by atoms with Gasteiger partial charge in [0.05, 0.1) is 27.8 Å². The molecule has 0 spiro atoms. The Morgan fingerprint density at radius 2 is 0.799 bits per heavy atom. The van der Waals surface area contributed by atoms with Crippen LogP contribution in [0.4, 0.5) is 0 Å². The Morgan fingerprint density at radius 3 is 1.20 bits per heavy atom. The molecule has 6 aliphatic rings. The summed E-state index contributed by atoms with van der Waals surface area (Å²) in [5, 5.41) is 29.4. The number of aryl methyl sites for hydroxylation is 9. The third kappa shape index (κ3) is 23.4. The van der Waals surface area contributed by atoms with Gasteiger partial charge in [0.15, 0.2) is 0 Å². The fourth-order valence-corrected chi connectivity index (χ4v) is 24.5. The molecule has 21 rings (SSSR count). The van der Waals surface area contributed by atoms with Crippen molar-refractivity contribution >= 4 is 84.0 Å². The predicted octanol–water partition coefficient (Wildman–Crippen LogP) is 19.9. The van der Waals surface area contributed by atoms with Gasteiger partial charge >= 0.3 is 17.9 Å². The van der Waals surface area contributed by atoms with Gasteiger partial charge in [0, 0.05) is 292 Å². The number of pyridine rings is 5. The van der Waals surface area contributed by atoms with Crippen LogP contribution in [0.25, 0.3) is 54.5 Å². The number of fused-ring (bicyclic) bond motifs is 17. The maximum atomic E-state index is 13.1. The number of halogens is 1. The van der Waals surface area contributed by atoms with Crippen LogP contribution in [0, 0.1) is 39.5 Å². The SMILES string of the molecule is CC(O)(Cc1cc(Cl)cc2c3c([nH]c12)CCCC3)c1cccnc1.Cc1cc(CC(C)(O)c2cccnc2)c2[nH]c3c(c2c1)C1CCCN1CC3.Cc1cc(CC(C)(OC(=O)C(C)N)c2cccnc2)c2c(c1)c1c(n2C)CCN(C)C1.Cc1cc(CC(C)(OC(=O)C(N)C(C)C)c2cccnc2)c2c(c1)c1c(n2C)CCN(C)C1.Cc1cc(CC(C)(OC(=O)C(N)CC(C)C)c2cccnc2)c2c(c1)c1c(n2C)CCN(C)C1. The maximum Gasteiger partial charge on any atom is 0.324 e. The number of ether oxygens (including phenoxy) is 3. The van der Waals surface area contributed by atoms with E-state index >= 15 is 0 Å². The quantitative estimate of drug-likeness (QED) is 0.0218. The molecule has 1 aliphatic carbocycles. The number of nitrogens with one attached hydrogen (secondary N) is 2. The number of esters is 3. The Balaban J connectivity index is 0.000000127. The summed E-state index contributed by atoms with van der Waals surface area (Å²) in [5.74, 6) is -0.845. The summed E-state index contributed by atoms with van der Waals surface area (Å²) in [7, 11) is 13.0. The lowest BCUT2D eigenvalue weighted by atomic mass is 9.87. The van der Waals surface area contributed by atoms with Gasteiger partial charge in [0.2, 0.25) is 0 Å². The average Bonchev–Trinajstić information content (AvgIpc) is 1.61. The smallest absolute Gasteiger partial charge is 0.324 e. The number of aromatic nitrogens is 10. The third-order valence-electron chi connectivity index (χ3n) is 32.0. The Morgan fingerprint density at radius 1 is 0.423 bits per heavy atom. The summed E-state index contributed by atoms with van der Waals surface area (Å²) in [6, 6.07) is 39.8. The van der Waals surface area contributed by atoms with Crippen LogP contribution in [0.1, 0.15) is 242 Å². The zero-order valence-electron chi connectivity index (χ0n) is 91.1. The molecule has 10 N–H and O–H groups in total. The number of carbonyl (C=O) groups is 3. The zero-order chi connectivity index (χ0) is 106. The Labute approximate surface area is 883 Å². The van der Waals surface area contributed by atoms with Crippen molar-refractivity contribution in [2.75, 3.05) is 53.9 Å². The fraction of sp³-hybridized carbons (Fsp3) is 0.447. The second-order valence-corrected chi connectivity index (χ2v) is 45.8. The van der Waals surface area contributed by atoms with Gasteiger partial charge < -0.3 is 80.0 Å². The van der Waals surface area contributed by atoms with Gasteiger partial charge in [-0.05, 0) is 276 Å². The molecule has 1 saturated heterocycles. The van der Waals surface area contributed by atoms with E-state index in [0.29, 0.717) is 50.5 Å². The lowest BCUT2D eigenvalue weighted by Crippen LogP contribution is -2.42. The predicted molar refractivity (Wildman–Crippen MR) is 596 cm³/mol. The molecule has 0 saturated carbocycles. The lowest BCUT2D eigenvalue weighted by molar-refractivity contribution is -0.162. The van der Waals surface area contributed by atoms with Crippen LogP contribution in [0.3, 0.4) is 0 Å². The van der Waals surface area contributed by atoms with E-state index in [-0.39, 0.29) is 17.9 Å². The number of aromatic amines is 2. The number of H-pyrrole nitrogens is 2. The highest BCUT2D eigenvalue weighted by atomic mass is 35.5. The van der Waals surface area contributed by atoms with Crippen molar-refractivity contribution < 1.29 is 38.8 Å². The summed E-state index contributed by atoms with van der Waals surface area (Å²) < 4.78 is 25.4. The Hall–Kier alpha value is -12.1. The molecular weight excluding hydrogens is 1880 g/mol. The Bertz CT molecular complexity index is 7350. The Kier molecular flexibility index (Phi) is 32.5. The first-order valence-corrected chi connectivity index (χ1v) is 53.8. The second kappa shape index (κ2) is 44.8. The van der Waals surface area contributed by atoms with Crippen LogP contribution in [0.5, 0.6) is 0 Å². The van der Waals surface area contributed by atoms with Crippen molar-refractivity contribution in [1.29, 1.82) is 0 Å². The molecule has 0 radical (unpaired) electrons. The molecule has 0 bridgehead atoms. The molecule has 25 nitrogen and oxygen atoms in total. The van der Waals surface area contributed by atoms with E-state index in [1.165, 1.54) is 182 Å². The van der Waals surface area contributed by atoms with Gasteiger partial charge in [-0.25, -0.2) is 0 Å². The summed E-state index contributed by atoms with van der Waals surface area (Å²) in [5.41, 5.74) is 48.6. The minimum Gasteiger partial charge on any atom is -0.453 e. The topological polar surface area (TPSA) is 321 Å². The first-order chi connectivity index (χ1) is 71.0. The number of nitrogens with two attached hydrogens (primary N) is 3. The van der Waals surface area contributed by atoms with Crippen molar-refractivity contribution in [3.05, 3.63) is 322 Å². The standard InChI is InChI=1S/C28H38N4O2.C27H36N4O2.C25H32N4O2.C23H27N3O.C20H21ClN2O/c1-18(2)12-24(29)27(33)34-28(4,21-8-7-10-30-16-21)15-20-13-19(3)14-22-23-17-31(5)11-9-25(23)32(6)26(20)22;1-17(2)24(28)26(32)33-27(4,20-8-7-10-29-15-20)14-19-12-18(3)13-21-22-16-30(5)11-9-23(22)31(6)25(19)21;1-16-11-18(23-20(12-16)21-15-28(4)10-8-22(21)29(23)5)13-25(3,31-24(30)17(2)26)19-7-6-9-27-14-19;1-15-11-16(13-23(2,27)17-5-3-8-24-14-17)22-18(12-15)21-19(25-22)7-10-26-9-4-6-20(21)26;1-20(24,14-5-4-8-22-12-14)11-13-9-15(21)10-17-16-6-2-3-7-18(16)23-19(13)17/h7-8,10,13-14,16,18,24H,9,11-12,15,17,29H2,1-6H3;7-8,10,12-13,15,17,24H,9,11,14,16,28H2,1-6H3;6-7,9,11-12,14,17H,8,10,13,15,26H2,1-5H3;3,5,8,11-12,14,20,25,27H,4,6-7,9-10,13H2,1-2H3;4-5,8-10,12,23-24H,2-3,6-7,11H2,1H3. The second-order valence-electron chi connectivity index (χ2n) is 45.4. The highest BCUT2D eigenvalue weighted by Crippen LogP contribution is 2.47. The van der Waals surface area contributed by atoms with E-state index in [4.69, 9.17) is 43.0 Å². The van der Waals surface area contributed by atoms with Crippen LogP contribution < -0.4 is 17.2 Å². The highest BCUT2D eigenvalue weighted by molar-refractivity contribution is 6.31. The van der Waals surface area contributed by atoms with Gasteiger partial charge in [-0.2, -0.15) is 0 Å². The summed E-state index contributed by atoms with van der Waals surface area (Å²) in [6.45, 7) is 36.3. The maximum absolute atomic E-state index is 13.1. The summed E-state index contributed by atoms with van der Waals surface area (Å²) in [6.07, 6.45) is 32.2. The third-order valence-corrected chi connectivity index (χ3v) is 32.2. The van der Waals surface area contributed by atoms with Crippen LogP contribution in [0.15, 0.2) is 183 Å². The van der Waals surface area contributed by atoms with E-state index in [9.17, 15) is 24.6 Å². The molecule has 1 fully saturated rings. The number of benzene rings is 5. The van der Waals surface area contributed by atoms with Gasteiger partial charge in [0.1, 0.15) is 34.9 Å². The number of hydrogen-bond donors (Lipinski definition) is 7. The summed E-state index contributed by atoms with van der Waals surface area (Å²) in [4.78, 5) is 76.9. The van der Waals surface area contributed by atoms with E-state index in [2.05, 4.69) is 207 Å². The molecule has 0 amide bonds. The van der Waals surface area contributed by atoms with Crippen molar-refractivity contribution in [1.82, 2.24) is 68.2 Å². The molecule has 9 unspecified atom stereocenters. The summed E-state index contributed by atoms with van der Waals surface area (Å²) >= 11 is 6.39. The zero-order valence-corrected chi connectivity index (χ0v) is 91.8. The normalized spacial score (nSPS) is 17.9. The minimum absolute atomic E-state index is 0.00193. The molecule has 15 aromatic rings. The van der Waals surface area contributed by atoms with Gasteiger partial charge in [-0.15, -0.1) is 0 Å². The van der Waals surface area contributed by atoms with E-state index in [0.717, 1.165) is 128 Å². The van der Waals surface area contributed by atoms with Crippen LogP contribution in [-0.4, -0.2) is 168 Å². The van der Waals surface area contributed by atoms with Crippen molar-refractivity contribution in [3.63, 3.8) is 0 Å². The van der Waals surface area contributed by atoms with Gasteiger partial charge in [0.25, 0.3) is 0 Å². The van der Waals surface area contributed by atoms with Gasteiger partial charge in [-0.1, -0.05) is 116 Å². The molecular formula is C123H154ClN17O8.